The summed E-state index contributed by atoms with van der Waals surface area (Å²) >= 11 is 1.57. The summed E-state index contributed by atoms with van der Waals surface area (Å²) < 4.78 is 13.2. The summed E-state index contributed by atoms with van der Waals surface area (Å²) in [5.74, 6) is 2.00. The predicted molar refractivity (Wildman–Crippen MR) is 124 cm³/mol. The maximum atomic E-state index is 13.0. The van der Waals surface area contributed by atoms with Gasteiger partial charge in [0.2, 0.25) is 11.1 Å². The zero-order valence-corrected chi connectivity index (χ0v) is 19.6. The van der Waals surface area contributed by atoms with Gasteiger partial charge in [-0.25, -0.2) is 9.48 Å². The summed E-state index contributed by atoms with van der Waals surface area (Å²) in [6, 6.07) is 7.46. The molecule has 1 aromatic carbocycles. The van der Waals surface area contributed by atoms with Gasteiger partial charge in [0.1, 0.15) is 11.8 Å². The van der Waals surface area contributed by atoms with Crippen LogP contribution in [0.15, 0.2) is 40.7 Å². The zero-order valence-electron chi connectivity index (χ0n) is 18.8. The van der Waals surface area contributed by atoms with E-state index in [4.69, 9.17) is 9.47 Å². The lowest BCUT2D eigenvalue weighted by Gasteiger charge is -2.28. The summed E-state index contributed by atoms with van der Waals surface area (Å²) in [7, 11) is 0. The number of aromatic nitrogens is 3. The molecule has 1 aromatic heterocycles. The number of esters is 1. The molecular formula is C23H32N4O3S. The minimum Gasteiger partial charge on any atom is -0.494 e. The number of unbranched alkanes of at least 4 members (excludes halogenated alkanes) is 2. The third-order valence-corrected chi connectivity index (χ3v) is 5.74. The molecule has 0 amide bonds. The van der Waals surface area contributed by atoms with Crippen LogP contribution >= 0.6 is 11.8 Å². The van der Waals surface area contributed by atoms with Crippen molar-refractivity contribution in [3.63, 3.8) is 0 Å². The molecule has 0 spiro atoms. The SMILES string of the molecule is CCCCOC(=O)C1=C(C)Nc2nc(SCC)nn2C1c1ccc(OCCCC)cc1. The van der Waals surface area contributed by atoms with Gasteiger partial charge in [0.05, 0.1) is 18.8 Å². The Bertz CT molecular complexity index is 908. The van der Waals surface area contributed by atoms with Gasteiger partial charge in [-0.15, -0.1) is 5.10 Å². The first-order valence-corrected chi connectivity index (χ1v) is 12.0. The number of hydrogen-bond donors (Lipinski definition) is 1. The van der Waals surface area contributed by atoms with E-state index in [1.807, 2.05) is 31.2 Å². The number of anilines is 1. The fraction of sp³-hybridized carbons (Fsp3) is 0.522. The van der Waals surface area contributed by atoms with Crippen LogP contribution in [0.4, 0.5) is 5.95 Å². The van der Waals surface area contributed by atoms with E-state index < -0.39 is 6.04 Å². The van der Waals surface area contributed by atoms with Crippen molar-refractivity contribution in [2.45, 2.75) is 64.6 Å². The Morgan fingerprint density at radius 1 is 1.13 bits per heavy atom. The number of nitrogens with one attached hydrogen (secondary N) is 1. The summed E-state index contributed by atoms with van der Waals surface area (Å²) in [5, 5.41) is 8.60. The molecule has 31 heavy (non-hydrogen) atoms. The van der Waals surface area contributed by atoms with Crippen LogP contribution in [0.1, 0.15) is 65.0 Å². The van der Waals surface area contributed by atoms with Gasteiger partial charge >= 0.3 is 5.97 Å². The number of nitrogens with zero attached hydrogens (tertiary/aromatic N) is 3. The Hall–Kier alpha value is -2.48. The number of benzene rings is 1. The second-order valence-electron chi connectivity index (χ2n) is 7.42. The first kappa shape index (κ1) is 23.2. The number of rotatable bonds is 11. The standard InChI is InChI=1S/C23H32N4O3S/c1-5-8-14-29-18-12-10-17(11-13-18)20-19(21(28)30-15-9-6-2)16(4)24-22-25-23(31-7-3)26-27(20)22/h10-13,20H,5-9,14-15H2,1-4H3,(H,24,25,26). The number of allylic oxidation sites excluding steroid dienone is 1. The van der Waals surface area contributed by atoms with E-state index >= 15 is 0 Å². The molecule has 168 valence electrons. The Morgan fingerprint density at radius 2 is 1.84 bits per heavy atom. The zero-order chi connectivity index (χ0) is 22.2. The average Bonchev–Trinajstić information content (AvgIpc) is 3.15. The van der Waals surface area contributed by atoms with Gasteiger partial charge in [0.25, 0.3) is 0 Å². The van der Waals surface area contributed by atoms with Crippen LogP contribution < -0.4 is 10.1 Å². The second kappa shape index (κ2) is 11.2. The minimum atomic E-state index is -0.409. The molecule has 7 nitrogen and oxygen atoms in total. The summed E-state index contributed by atoms with van der Waals surface area (Å²) in [5.41, 5.74) is 2.23. The highest BCUT2D eigenvalue weighted by Gasteiger charge is 2.35. The molecule has 1 N–H and O–H groups in total. The normalized spacial score (nSPS) is 15.4. The number of thioether (sulfide) groups is 1. The van der Waals surface area contributed by atoms with Crippen molar-refractivity contribution in [2.24, 2.45) is 0 Å². The largest absolute Gasteiger partial charge is 0.494 e. The molecule has 1 aliphatic heterocycles. The van der Waals surface area contributed by atoms with E-state index in [1.165, 1.54) is 0 Å². The molecule has 0 radical (unpaired) electrons. The highest BCUT2D eigenvalue weighted by atomic mass is 32.2. The Morgan fingerprint density at radius 3 is 2.52 bits per heavy atom. The predicted octanol–water partition coefficient (Wildman–Crippen LogP) is 5.20. The average molecular weight is 445 g/mol. The van der Waals surface area contributed by atoms with Crippen molar-refractivity contribution >= 4 is 23.7 Å². The third-order valence-electron chi connectivity index (χ3n) is 5.02. The van der Waals surface area contributed by atoms with Crippen LogP contribution in [0.3, 0.4) is 0 Å². The van der Waals surface area contributed by atoms with E-state index in [9.17, 15) is 4.79 Å². The van der Waals surface area contributed by atoms with Crippen LogP contribution in [-0.2, 0) is 9.53 Å². The molecule has 0 aliphatic carbocycles. The van der Waals surface area contributed by atoms with E-state index in [2.05, 4.69) is 36.2 Å². The number of hydrogen-bond acceptors (Lipinski definition) is 7. The van der Waals surface area contributed by atoms with Crippen molar-refractivity contribution < 1.29 is 14.3 Å². The summed E-state index contributed by atoms with van der Waals surface area (Å²) in [6.45, 7) is 9.26. The van der Waals surface area contributed by atoms with Crippen molar-refractivity contribution in [1.82, 2.24) is 14.8 Å². The Labute approximate surface area is 188 Å². The molecule has 2 heterocycles. The molecule has 0 saturated heterocycles. The first-order chi connectivity index (χ1) is 15.1. The van der Waals surface area contributed by atoms with Crippen molar-refractivity contribution in [3.05, 3.63) is 41.1 Å². The molecule has 1 unspecified atom stereocenters. The lowest BCUT2D eigenvalue weighted by atomic mass is 9.96. The highest BCUT2D eigenvalue weighted by molar-refractivity contribution is 7.99. The molecule has 1 aliphatic rings. The van der Waals surface area contributed by atoms with E-state index in [0.717, 1.165) is 48.4 Å². The van der Waals surface area contributed by atoms with Gasteiger partial charge in [-0.05, 0) is 43.2 Å². The third kappa shape index (κ3) is 5.61. The van der Waals surface area contributed by atoms with Gasteiger partial charge in [0, 0.05) is 5.70 Å². The fourth-order valence-electron chi connectivity index (χ4n) is 3.36. The van der Waals surface area contributed by atoms with Gasteiger partial charge in [-0.3, -0.25) is 0 Å². The van der Waals surface area contributed by atoms with Crippen molar-refractivity contribution in [1.29, 1.82) is 0 Å². The summed E-state index contributed by atoms with van der Waals surface area (Å²) in [4.78, 5) is 17.6. The molecule has 0 bridgehead atoms. The van der Waals surface area contributed by atoms with Crippen LogP contribution in [-0.4, -0.2) is 39.7 Å². The maximum absolute atomic E-state index is 13.0. The van der Waals surface area contributed by atoms with Gasteiger partial charge in [-0.1, -0.05) is 57.5 Å². The smallest absolute Gasteiger partial charge is 0.338 e. The molecule has 1 atom stereocenters. The fourth-order valence-corrected chi connectivity index (χ4v) is 3.92. The quantitative estimate of drug-likeness (QED) is 0.290. The lowest BCUT2D eigenvalue weighted by molar-refractivity contribution is -0.139. The number of carbonyl (C=O) groups is 1. The van der Waals surface area contributed by atoms with Crippen LogP contribution in [0.25, 0.3) is 0 Å². The van der Waals surface area contributed by atoms with E-state index in [1.54, 1.807) is 16.4 Å². The molecule has 0 saturated carbocycles. The minimum absolute atomic E-state index is 0.322. The first-order valence-electron chi connectivity index (χ1n) is 11.1. The van der Waals surface area contributed by atoms with Gasteiger partial charge < -0.3 is 14.8 Å². The van der Waals surface area contributed by atoms with E-state index in [-0.39, 0.29) is 5.97 Å². The topological polar surface area (TPSA) is 78.3 Å². The monoisotopic (exact) mass is 444 g/mol. The van der Waals surface area contributed by atoms with Crippen molar-refractivity contribution in [3.8, 4) is 5.75 Å². The molecule has 2 aromatic rings. The van der Waals surface area contributed by atoms with Gasteiger partial charge in [-0.2, -0.15) is 4.98 Å². The Balaban J connectivity index is 1.94. The van der Waals surface area contributed by atoms with Crippen molar-refractivity contribution in [2.75, 3.05) is 24.3 Å². The molecular weight excluding hydrogens is 412 g/mol. The maximum Gasteiger partial charge on any atom is 0.338 e. The second-order valence-corrected chi connectivity index (χ2v) is 8.65. The molecule has 0 fully saturated rings. The van der Waals surface area contributed by atoms with E-state index in [0.29, 0.717) is 29.9 Å². The number of carbonyl (C=O) groups excluding carboxylic acids is 1. The van der Waals surface area contributed by atoms with Crippen LogP contribution in [0.5, 0.6) is 5.75 Å². The lowest BCUT2D eigenvalue weighted by Crippen LogP contribution is -2.29. The van der Waals surface area contributed by atoms with Crippen LogP contribution in [0.2, 0.25) is 0 Å². The molecule has 3 rings (SSSR count). The number of ether oxygens (including phenoxy) is 2. The van der Waals surface area contributed by atoms with Gasteiger partial charge in [0.15, 0.2) is 0 Å². The molecule has 8 heteroatoms. The van der Waals surface area contributed by atoms with Crippen LogP contribution in [0, 0.1) is 0 Å². The highest BCUT2D eigenvalue weighted by Crippen LogP contribution is 2.37. The Kier molecular flexibility index (Phi) is 8.40. The summed E-state index contributed by atoms with van der Waals surface area (Å²) in [6.07, 6.45) is 3.92. The number of fused-ring (bicyclic) bond motifs is 1.